The molecule has 0 saturated heterocycles. The average Bonchev–Trinajstić information content (AvgIpc) is 2.80. The summed E-state index contributed by atoms with van der Waals surface area (Å²) in [4.78, 5) is 5.67. The Morgan fingerprint density at radius 1 is 1.39 bits per heavy atom. The first-order valence-electron chi connectivity index (χ1n) is 6.41. The second kappa shape index (κ2) is 3.62. The number of halogens is 1. The molecular formula is C15H15ClN2. The van der Waals surface area contributed by atoms with Gasteiger partial charge >= 0.3 is 0 Å². The first-order chi connectivity index (χ1) is 8.75. The highest BCUT2D eigenvalue weighted by atomic mass is 35.5. The molecule has 0 saturated carbocycles. The number of alkyl halides is 1. The number of hydrogen-bond donors (Lipinski definition) is 1. The summed E-state index contributed by atoms with van der Waals surface area (Å²) >= 11 is 6.36. The van der Waals surface area contributed by atoms with Gasteiger partial charge in [0.15, 0.2) is 0 Å². The first kappa shape index (κ1) is 10.7. The van der Waals surface area contributed by atoms with E-state index < -0.39 is 0 Å². The van der Waals surface area contributed by atoms with E-state index in [4.69, 9.17) is 11.6 Å². The molecule has 2 atom stereocenters. The van der Waals surface area contributed by atoms with Crippen molar-refractivity contribution >= 4 is 28.1 Å². The number of H-pyrrole nitrogens is 1. The lowest BCUT2D eigenvalue weighted by Crippen LogP contribution is -2.43. The second-order valence-electron chi connectivity index (χ2n) is 5.26. The van der Waals surface area contributed by atoms with Gasteiger partial charge in [0.2, 0.25) is 0 Å². The Labute approximate surface area is 111 Å². The summed E-state index contributed by atoms with van der Waals surface area (Å²) in [6.07, 6.45) is 6.46. The quantitative estimate of drug-likeness (QED) is 0.567. The number of hydrogen-bond acceptors (Lipinski definition) is 1. The zero-order valence-electron chi connectivity index (χ0n) is 10.3. The van der Waals surface area contributed by atoms with Gasteiger partial charge in [0, 0.05) is 23.1 Å². The van der Waals surface area contributed by atoms with E-state index in [1.54, 1.807) is 0 Å². The molecule has 0 amide bonds. The Bertz CT molecular complexity index is 656. The van der Waals surface area contributed by atoms with Crippen LogP contribution < -0.4 is 0 Å². The Morgan fingerprint density at radius 3 is 3.17 bits per heavy atom. The molecule has 2 heterocycles. The van der Waals surface area contributed by atoms with Crippen LogP contribution >= 0.6 is 11.6 Å². The van der Waals surface area contributed by atoms with Crippen LogP contribution in [0.4, 0.5) is 0 Å². The van der Waals surface area contributed by atoms with Crippen LogP contribution in [0.3, 0.4) is 0 Å². The van der Waals surface area contributed by atoms with Crippen molar-refractivity contribution in [2.45, 2.75) is 24.4 Å². The van der Waals surface area contributed by atoms with Gasteiger partial charge < -0.3 is 4.98 Å². The van der Waals surface area contributed by atoms with E-state index >= 15 is 0 Å². The number of nitrogens with one attached hydrogen (secondary N) is 1. The Kier molecular flexibility index (Phi) is 2.14. The van der Waals surface area contributed by atoms with Gasteiger partial charge in [-0.2, -0.15) is 0 Å². The lowest BCUT2D eigenvalue weighted by Gasteiger charge is -2.39. The molecule has 3 heteroatoms. The monoisotopic (exact) mass is 258 g/mol. The van der Waals surface area contributed by atoms with Crippen molar-refractivity contribution in [1.82, 2.24) is 9.88 Å². The van der Waals surface area contributed by atoms with Crippen LogP contribution in [-0.4, -0.2) is 28.5 Å². The summed E-state index contributed by atoms with van der Waals surface area (Å²) < 4.78 is 0. The maximum absolute atomic E-state index is 6.36. The lowest BCUT2D eigenvalue weighted by atomic mass is 9.82. The van der Waals surface area contributed by atoms with Crippen LogP contribution in [0.25, 0.3) is 16.5 Å². The number of likely N-dealkylation sites (N-methyl/N-ethyl adjacent to an activating group) is 1. The third kappa shape index (κ3) is 1.28. The lowest BCUT2D eigenvalue weighted by molar-refractivity contribution is 0.254. The minimum Gasteiger partial charge on any atom is -0.361 e. The van der Waals surface area contributed by atoms with Gasteiger partial charge in [0.05, 0.1) is 5.50 Å². The highest BCUT2D eigenvalue weighted by Crippen LogP contribution is 2.41. The van der Waals surface area contributed by atoms with Crippen LogP contribution in [0.1, 0.15) is 17.5 Å². The van der Waals surface area contributed by atoms with Gasteiger partial charge in [-0.1, -0.05) is 18.2 Å². The summed E-state index contributed by atoms with van der Waals surface area (Å²) in [7, 11) is 2.13. The standard InChI is InChI=1S/C15H15ClN2/c1-18-13-7-9-8-17-12-4-2-3-11(15(9)12)10(13)5-6-14(18)16/h2-5,8,13-14,17H,6-7H2,1H3. The molecule has 2 nitrogen and oxygen atoms in total. The summed E-state index contributed by atoms with van der Waals surface area (Å²) in [5.74, 6) is 0. The van der Waals surface area contributed by atoms with Gasteiger partial charge in [-0.3, -0.25) is 4.90 Å². The minimum absolute atomic E-state index is 0.124. The van der Waals surface area contributed by atoms with Gasteiger partial charge in [-0.15, -0.1) is 11.6 Å². The summed E-state index contributed by atoms with van der Waals surface area (Å²) in [5.41, 5.74) is 5.62. The molecule has 4 rings (SSSR count). The Hall–Kier alpha value is -1.25. The molecular weight excluding hydrogens is 244 g/mol. The largest absolute Gasteiger partial charge is 0.361 e. The Morgan fingerprint density at radius 2 is 2.28 bits per heavy atom. The summed E-state index contributed by atoms with van der Waals surface area (Å²) in [5, 5.41) is 1.40. The number of rotatable bonds is 0. The molecule has 1 aromatic heterocycles. The number of aromatic nitrogens is 1. The third-order valence-corrected chi connectivity index (χ3v) is 4.82. The topological polar surface area (TPSA) is 19.0 Å². The smallest absolute Gasteiger partial charge is 0.0888 e. The van der Waals surface area contributed by atoms with E-state index in [0.29, 0.717) is 6.04 Å². The second-order valence-corrected chi connectivity index (χ2v) is 5.76. The fourth-order valence-corrected chi connectivity index (χ4v) is 3.58. The van der Waals surface area contributed by atoms with Crippen molar-refractivity contribution < 1.29 is 0 Å². The molecule has 0 bridgehead atoms. The van der Waals surface area contributed by atoms with E-state index in [0.717, 1.165) is 12.8 Å². The summed E-state index contributed by atoms with van der Waals surface area (Å²) in [6.45, 7) is 0. The molecule has 2 aromatic rings. The highest BCUT2D eigenvalue weighted by Gasteiger charge is 2.33. The van der Waals surface area contributed by atoms with E-state index in [1.807, 2.05) is 0 Å². The fraction of sp³-hybridized carbons (Fsp3) is 0.333. The number of aromatic amines is 1. The van der Waals surface area contributed by atoms with Gasteiger partial charge in [0.25, 0.3) is 0 Å². The number of nitrogens with zero attached hydrogens (tertiary/aromatic N) is 1. The van der Waals surface area contributed by atoms with E-state index in [-0.39, 0.29) is 5.50 Å². The molecule has 0 radical (unpaired) electrons. The highest BCUT2D eigenvalue weighted by molar-refractivity contribution is 6.20. The first-order valence-corrected chi connectivity index (χ1v) is 6.85. The Balaban J connectivity index is 1.99. The van der Waals surface area contributed by atoms with Crippen molar-refractivity contribution in [3.8, 4) is 0 Å². The van der Waals surface area contributed by atoms with E-state index in [9.17, 15) is 0 Å². The molecule has 2 aliphatic rings. The number of fused-ring (bicyclic) bond motifs is 2. The van der Waals surface area contributed by atoms with Crippen molar-refractivity contribution in [3.05, 3.63) is 41.6 Å². The summed E-state index contributed by atoms with van der Waals surface area (Å²) in [6, 6.07) is 6.95. The van der Waals surface area contributed by atoms with Crippen molar-refractivity contribution in [3.63, 3.8) is 0 Å². The van der Waals surface area contributed by atoms with Crippen LogP contribution in [0, 0.1) is 0 Å². The van der Waals surface area contributed by atoms with Crippen LogP contribution in [0.5, 0.6) is 0 Å². The molecule has 18 heavy (non-hydrogen) atoms. The third-order valence-electron chi connectivity index (χ3n) is 4.34. The zero-order chi connectivity index (χ0) is 12.3. The maximum atomic E-state index is 6.36. The molecule has 1 aromatic carbocycles. The molecule has 2 unspecified atom stereocenters. The van der Waals surface area contributed by atoms with E-state index in [1.165, 1.54) is 27.6 Å². The van der Waals surface area contributed by atoms with Crippen LogP contribution in [-0.2, 0) is 6.42 Å². The van der Waals surface area contributed by atoms with Crippen molar-refractivity contribution in [1.29, 1.82) is 0 Å². The molecule has 1 aliphatic heterocycles. The average molecular weight is 259 g/mol. The van der Waals surface area contributed by atoms with Crippen LogP contribution in [0.15, 0.2) is 30.5 Å². The van der Waals surface area contributed by atoms with Gasteiger partial charge in [0.1, 0.15) is 0 Å². The van der Waals surface area contributed by atoms with Gasteiger partial charge in [-0.05, 0) is 42.7 Å². The fourth-order valence-electron chi connectivity index (χ4n) is 3.35. The molecule has 1 N–H and O–H groups in total. The molecule has 92 valence electrons. The van der Waals surface area contributed by atoms with Crippen molar-refractivity contribution in [2.75, 3.05) is 7.05 Å². The molecule has 0 spiro atoms. The van der Waals surface area contributed by atoms with Crippen molar-refractivity contribution in [2.24, 2.45) is 0 Å². The maximum Gasteiger partial charge on any atom is 0.0888 e. The number of benzene rings is 1. The SMILES string of the molecule is CN1C(Cl)CC=C2c3cccc4[nH]cc(c34)CC21. The van der Waals surface area contributed by atoms with Gasteiger partial charge in [-0.25, -0.2) is 0 Å². The predicted molar refractivity (Wildman–Crippen MR) is 75.8 cm³/mol. The van der Waals surface area contributed by atoms with Crippen LogP contribution in [0.2, 0.25) is 0 Å². The molecule has 1 aliphatic carbocycles. The predicted octanol–water partition coefficient (Wildman–Crippen LogP) is 3.38. The normalized spacial score (nSPS) is 27.1. The zero-order valence-corrected chi connectivity index (χ0v) is 11.0. The minimum atomic E-state index is 0.124. The molecule has 0 fully saturated rings. The van der Waals surface area contributed by atoms with E-state index in [2.05, 4.69) is 47.4 Å².